The highest BCUT2D eigenvalue weighted by molar-refractivity contribution is 14.1. The zero-order valence-electron chi connectivity index (χ0n) is 11.8. The number of pyridine rings is 1. The molecule has 0 unspecified atom stereocenters. The third-order valence-electron chi connectivity index (χ3n) is 3.30. The molecule has 2 heterocycles. The highest BCUT2D eigenvalue weighted by atomic mass is 127. The molecule has 3 nitrogen and oxygen atoms in total. The summed E-state index contributed by atoms with van der Waals surface area (Å²) in [6, 6.07) is 10.4. The van der Waals surface area contributed by atoms with Crippen LogP contribution in [0.4, 0.5) is 0 Å². The van der Waals surface area contributed by atoms with Crippen molar-refractivity contribution in [1.29, 1.82) is 0 Å². The van der Waals surface area contributed by atoms with Gasteiger partial charge in [-0.2, -0.15) is 0 Å². The van der Waals surface area contributed by atoms with Gasteiger partial charge in [-0.05, 0) is 60.4 Å². The number of aromatic nitrogens is 2. The van der Waals surface area contributed by atoms with Crippen LogP contribution in [0.15, 0.2) is 42.7 Å². The van der Waals surface area contributed by atoms with Crippen LogP contribution in [0.5, 0.6) is 0 Å². The Morgan fingerprint density at radius 1 is 1.19 bits per heavy atom. The van der Waals surface area contributed by atoms with E-state index in [4.69, 9.17) is 11.6 Å². The van der Waals surface area contributed by atoms with Crippen molar-refractivity contribution < 1.29 is 0 Å². The van der Waals surface area contributed by atoms with Gasteiger partial charge in [0.05, 0.1) is 10.4 Å². The van der Waals surface area contributed by atoms with Crippen LogP contribution in [0.3, 0.4) is 0 Å². The highest BCUT2D eigenvalue weighted by Gasteiger charge is 2.12. The molecule has 3 rings (SSSR count). The van der Waals surface area contributed by atoms with Crippen molar-refractivity contribution in [3.8, 4) is 5.69 Å². The summed E-state index contributed by atoms with van der Waals surface area (Å²) in [5, 5.41) is 1.75. The summed E-state index contributed by atoms with van der Waals surface area (Å²) in [6.45, 7) is 0.939. The SMILES string of the molecule is CN(C)Cc1ccc(-n2cc(I)c3c(Cl)ccnc32)cc1. The third-order valence-corrected chi connectivity index (χ3v) is 4.44. The molecule has 0 saturated carbocycles. The third kappa shape index (κ3) is 2.93. The second kappa shape index (κ2) is 5.94. The largest absolute Gasteiger partial charge is 0.305 e. The average molecular weight is 412 g/mol. The molecule has 3 aromatic rings. The molecule has 5 heteroatoms. The topological polar surface area (TPSA) is 21.1 Å². The van der Waals surface area contributed by atoms with Crippen molar-refractivity contribution in [2.75, 3.05) is 14.1 Å². The Bertz CT molecular complexity index is 778. The van der Waals surface area contributed by atoms with Gasteiger partial charge in [-0.25, -0.2) is 4.98 Å². The van der Waals surface area contributed by atoms with Crippen LogP contribution in [-0.2, 0) is 6.54 Å². The van der Waals surface area contributed by atoms with Gasteiger partial charge in [0.25, 0.3) is 0 Å². The maximum absolute atomic E-state index is 6.28. The summed E-state index contributed by atoms with van der Waals surface area (Å²) in [6.07, 6.45) is 3.82. The molecule has 2 aromatic heterocycles. The minimum atomic E-state index is 0.743. The van der Waals surface area contributed by atoms with Gasteiger partial charge in [0, 0.05) is 28.2 Å². The summed E-state index contributed by atoms with van der Waals surface area (Å²) in [5.41, 5.74) is 3.29. The molecule has 0 aliphatic rings. The molecule has 0 saturated heterocycles. The molecule has 1 aromatic carbocycles. The van der Waals surface area contributed by atoms with Gasteiger partial charge in [0.15, 0.2) is 0 Å². The van der Waals surface area contributed by atoms with Crippen LogP contribution in [0.2, 0.25) is 5.02 Å². The van der Waals surface area contributed by atoms with Gasteiger partial charge in [-0.1, -0.05) is 23.7 Å². The first-order chi connectivity index (χ1) is 10.1. The van der Waals surface area contributed by atoms with Crippen molar-refractivity contribution in [1.82, 2.24) is 14.5 Å². The number of nitrogens with zero attached hydrogens (tertiary/aromatic N) is 3. The van der Waals surface area contributed by atoms with E-state index < -0.39 is 0 Å². The molecular formula is C16H15ClIN3. The Morgan fingerprint density at radius 3 is 2.57 bits per heavy atom. The minimum absolute atomic E-state index is 0.743. The molecule has 0 aliphatic carbocycles. The van der Waals surface area contributed by atoms with E-state index in [0.29, 0.717) is 0 Å². The zero-order chi connectivity index (χ0) is 15.0. The monoisotopic (exact) mass is 411 g/mol. The molecule has 0 aliphatic heterocycles. The van der Waals surface area contributed by atoms with E-state index in [-0.39, 0.29) is 0 Å². The Hall–Kier alpha value is -1.11. The zero-order valence-corrected chi connectivity index (χ0v) is 14.8. The van der Waals surface area contributed by atoms with Crippen molar-refractivity contribution >= 4 is 45.2 Å². The van der Waals surface area contributed by atoms with E-state index in [0.717, 1.165) is 31.9 Å². The van der Waals surface area contributed by atoms with Crippen LogP contribution in [0.25, 0.3) is 16.7 Å². The maximum Gasteiger partial charge on any atom is 0.147 e. The molecule has 0 fully saturated rings. The summed E-state index contributed by atoms with van der Waals surface area (Å²) in [4.78, 5) is 6.63. The number of hydrogen-bond donors (Lipinski definition) is 0. The van der Waals surface area contributed by atoms with Crippen molar-refractivity contribution in [2.24, 2.45) is 0 Å². The second-order valence-corrected chi connectivity index (χ2v) is 6.81. The molecule has 0 amide bonds. The van der Waals surface area contributed by atoms with E-state index in [9.17, 15) is 0 Å². The fourth-order valence-electron chi connectivity index (χ4n) is 2.39. The van der Waals surface area contributed by atoms with Crippen LogP contribution in [-0.4, -0.2) is 28.5 Å². The highest BCUT2D eigenvalue weighted by Crippen LogP contribution is 2.30. The molecule has 0 radical (unpaired) electrons. The number of hydrogen-bond acceptors (Lipinski definition) is 2. The number of fused-ring (bicyclic) bond motifs is 1. The molecule has 0 bridgehead atoms. The van der Waals surface area contributed by atoms with E-state index in [1.165, 1.54) is 5.56 Å². The lowest BCUT2D eigenvalue weighted by atomic mass is 10.2. The summed E-state index contributed by atoms with van der Waals surface area (Å²) in [7, 11) is 4.14. The van der Waals surface area contributed by atoms with Crippen molar-refractivity contribution in [2.45, 2.75) is 6.54 Å². The lowest BCUT2D eigenvalue weighted by molar-refractivity contribution is 0.402. The normalized spacial score (nSPS) is 11.5. The van der Waals surface area contributed by atoms with Crippen LogP contribution >= 0.6 is 34.2 Å². The van der Waals surface area contributed by atoms with Crippen LogP contribution < -0.4 is 0 Å². The Balaban J connectivity index is 2.07. The summed E-state index contributed by atoms with van der Waals surface area (Å²) >= 11 is 8.58. The molecule has 0 atom stereocenters. The molecule has 0 N–H and O–H groups in total. The quantitative estimate of drug-likeness (QED) is 0.598. The van der Waals surface area contributed by atoms with Gasteiger partial charge >= 0.3 is 0 Å². The van der Waals surface area contributed by atoms with Crippen LogP contribution in [0.1, 0.15) is 5.56 Å². The smallest absolute Gasteiger partial charge is 0.147 e. The first kappa shape index (κ1) is 14.8. The molecule has 21 heavy (non-hydrogen) atoms. The predicted octanol–water partition coefficient (Wildman–Crippen LogP) is 4.35. The first-order valence-corrected chi connectivity index (χ1v) is 8.07. The first-order valence-electron chi connectivity index (χ1n) is 6.61. The summed E-state index contributed by atoms with van der Waals surface area (Å²) < 4.78 is 3.20. The Kier molecular flexibility index (Phi) is 4.19. The molecule has 108 valence electrons. The number of benzene rings is 1. The fourth-order valence-corrected chi connectivity index (χ4v) is 3.61. The van der Waals surface area contributed by atoms with Crippen molar-refractivity contribution in [3.05, 3.63) is 56.9 Å². The predicted molar refractivity (Wildman–Crippen MR) is 96.2 cm³/mol. The van der Waals surface area contributed by atoms with Gasteiger partial charge in [0.2, 0.25) is 0 Å². The van der Waals surface area contributed by atoms with E-state index in [1.54, 1.807) is 6.20 Å². The van der Waals surface area contributed by atoms with E-state index in [2.05, 4.69) is 81.6 Å². The molecule has 0 spiro atoms. The Labute approximate surface area is 142 Å². The average Bonchev–Trinajstić information content (AvgIpc) is 2.78. The maximum atomic E-state index is 6.28. The fraction of sp³-hybridized carbons (Fsp3) is 0.188. The minimum Gasteiger partial charge on any atom is -0.305 e. The lowest BCUT2D eigenvalue weighted by Gasteiger charge is -2.10. The Morgan fingerprint density at radius 2 is 1.90 bits per heavy atom. The molecular weight excluding hydrogens is 397 g/mol. The van der Waals surface area contributed by atoms with Gasteiger partial charge in [-0.3, -0.25) is 0 Å². The van der Waals surface area contributed by atoms with Crippen LogP contribution in [0, 0.1) is 3.57 Å². The lowest BCUT2D eigenvalue weighted by Crippen LogP contribution is -2.10. The van der Waals surface area contributed by atoms with Gasteiger partial charge < -0.3 is 9.47 Å². The van der Waals surface area contributed by atoms with Crippen molar-refractivity contribution in [3.63, 3.8) is 0 Å². The second-order valence-electron chi connectivity index (χ2n) is 5.24. The number of halogens is 2. The summed E-state index contributed by atoms with van der Waals surface area (Å²) in [5.74, 6) is 0. The van der Waals surface area contributed by atoms with E-state index in [1.807, 2.05) is 6.07 Å². The van der Waals surface area contributed by atoms with Gasteiger partial charge in [0.1, 0.15) is 5.65 Å². The van der Waals surface area contributed by atoms with E-state index >= 15 is 0 Å². The number of rotatable bonds is 3. The van der Waals surface area contributed by atoms with Gasteiger partial charge in [-0.15, -0.1) is 0 Å². The standard InChI is InChI=1S/C16H15ClIN3/c1-20(2)9-11-3-5-12(6-4-11)21-10-14(18)15-13(17)7-8-19-16(15)21/h3-8,10H,9H2,1-2H3.